The number of aryl methyl sites for hydroxylation is 1. The minimum absolute atomic E-state index is 0.121. The van der Waals surface area contributed by atoms with E-state index >= 15 is 0 Å². The number of nitrogens with one attached hydrogen (secondary N) is 2. The molecule has 0 atom stereocenters. The van der Waals surface area contributed by atoms with Crippen LogP contribution < -0.4 is 10.6 Å². The molecule has 0 aliphatic carbocycles. The van der Waals surface area contributed by atoms with Crippen molar-refractivity contribution in [3.05, 3.63) is 45.9 Å². The number of amides is 1. The van der Waals surface area contributed by atoms with Crippen LogP contribution in [0.15, 0.2) is 24.7 Å². The van der Waals surface area contributed by atoms with Crippen molar-refractivity contribution >= 4 is 17.4 Å². The average molecular weight is 290 g/mol. The molecule has 2 aromatic heterocycles. The smallest absolute Gasteiger partial charge is 0.288 e. The number of carbonyl (C=O) groups excluding carboxylic acids is 1. The first-order chi connectivity index (χ1) is 10.0. The van der Waals surface area contributed by atoms with Gasteiger partial charge in [-0.2, -0.15) is 5.10 Å². The number of carbonyl (C=O) groups is 1. The fourth-order valence-electron chi connectivity index (χ4n) is 1.77. The molecular formula is C12H14N6O3. The number of rotatable bonds is 5. The van der Waals surface area contributed by atoms with Crippen molar-refractivity contribution in [2.24, 2.45) is 7.05 Å². The molecule has 21 heavy (non-hydrogen) atoms. The zero-order valence-electron chi connectivity index (χ0n) is 11.5. The monoisotopic (exact) mass is 290 g/mol. The number of nitro groups is 1. The largest absolute Gasteiger partial charge is 0.372 e. The van der Waals surface area contributed by atoms with E-state index in [1.807, 2.05) is 0 Å². The number of hydrogen-bond donors (Lipinski definition) is 2. The molecule has 2 heterocycles. The van der Waals surface area contributed by atoms with E-state index in [0.717, 1.165) is 11.8 Å². The highest BCUT2D eigenvalue weighted by Crippen LogP contribution is 2.18. The molecule has 1 amide bonds. The standard InChI is InChI=1S/C12H14N6O3/c1-13-11-10(3-9(6-14-11)18(20)21)12(19)15-4-8-5-16-17(2)7-8/h3,5-7H,4H2,1-2H3,(H,13,14)(H,15,19). The molecule has 9 nitrogen and oxygen atoms in total. The van der Waals surface area contributed by atoms with E-state index in [0.29, 0.717) is 0 Å². The summed E-state index contributed by atoms with van der Waals surface area (Å²) in [6.45, 7) is 0.276. The molecule has 0 aliphatic heterocycles. The summed E-state index contributed by atoms with van der Waals surface area (Å²) < 4.78 is 1.62. The third kappa shape index (κ3) is 3.32. The van der Waals surface area contributed by atoms with Gasteiger partial charge in [0.15, 0.2) is 0 Å². The summed E-state index contributed by atoms with van der Waals surface area (Å²) in [5, 5.41) is 20.2. The normalized spacial score (nSPS) is 10.2. The van der Waals surface area contributed by atoms with Crippen LogP contribution in [0.3, 0.4) is 0 Å². The van der Waals surface area contributed by atoms with Crippen LogP contribution in [0.25, 0.3) is 0 Å². The molecule has 0 unspecified atom stereocenters. The third-order valence-corrected chi connectivity index (χ3v) is 2.78. The Morgan fingerprint density at radius 2 is 2.24 bits per heavy atom. The Morgan fingerprint density at radius 1 is 1.48 bits per heavy atom. The maximum absolute atomic E-state index is 12.1. The van der Waals surface area contributed by atoms with Gasteiger partial charge in [0.1, 0.15) is 12.0 Å². The van der Waals surface area contributed by atoms with Crippen molar-refractivity contribution in [1.82, 2.24) is 20.1 Å². The highest BCUT2D eigenvalue weighted by Gasteiger charge is 2.17. The van der Waals surface area contributed by atoms with Crippen LogP contribution in [0.2, 0.25) is 0 Å². The summed E-state index contributed by atoms with van der Waals surface area (Å²) in [6.07, 6.45) is 4.50. The summed E-state index contributed by atoms with van der Waals surface area (Å²) in [7, 11) is 3.36. The highest BCUT2D eigenvalue weighted by molar-refractivity contribution is 5.99. The topological polar surface area (TPSA) is 115 Å². The predicted molar refractivity (Wildman–Crippen MR) is 74.8 cm³/mol. The summed E-state index contributed by atoms with van der Waals surface area (Å²) >= 11 is 0. The zero-order chi connectivity index (χ0) is 15.4. The Morgan fingerprint density at radius 3 is 2.81 bits per heavy atom. The molecule has 0 saturated carbocycles. The zero-order valence-corrected chi connectivity index (χ0v) is 11.5. The van der Waals surface area contributed by atoms with Gasteiger partial charge in [-0.25, -0.2) is 4.98 Å². The van der Waals surface area contributed by atoms with Gasteiger partial charge in [0.25, 0.3) is 11.6 Å². The van der Waals surface area contributed by atoms with Crippen molar-refractivity contribution in [2.75, 3.05) is 12.4 Å². The van der Waals surface area contributed by atoms with Crippen LogP contribution in [0.5, 0.6) is 0 Å². The quantitative estimate of drug-likeness (QED) is 0.618. The van der Waals surface area contributed by atoms with Crippen LogP contribution in [-0.2, 0) is 13.6 Å². The summed E-state index contributed by atoms with van der Waals surface area (Å²) in [5.74, 6) is -0.163. The van der Waals surface area contributed by atoms with E-state index in [9.17, 15) is 14.9 Å². The van der Waals surface area contributed by atoms with Crippen molar-refractivity contribution in [1.29, 1.82) is 0 Å². The lowest BCUT2D eigenvalue weighted by atomic mass is 10.2. The van der Waals surface area contributed by atoms with Gasteiger partial charge in [-0.05, 0) is 0 Å². The van der Waals surface area contributed by atoms with E-state index in [4.69, 9.17) is 0 Å². The highest BCUT2D eigenvalue weighted by atomic mass is 16.6. The van der Waals surface area contributed by atoms with E-state index < -0.39 is 10.8 Å². The molecule has 0 aromatic carbocycles. The van der Waals surface area contributed by atoms with Gasteiger partial charge in [0.05, 0.1) is 16.7 Å². The maximum atomic E-state index is 12.1. The molecule has 0 aliphatic rings. The molecule has 0 saturated heterocycles. The molecule has 110 valence electrons. The molecule has 0 radical (unpaired) electrons. The molecule has 9 heteroatoms. The summed E-state index contributed by atoms with van der Waals surface area (Å²) in [4.78, 5) is 26.2. The van der Waals surface area contributed by atoms with Gasteiger partial charge in [-0.15, -0.1) is 0 Å². The SMILES string of the molecule is CNc1ncc([N+](=O)[O-])cc1C(=O)NCc1cnn(C)c1. The fourth-order valence-corrected chi connectivity index (χ4v) is 1.77. The lowest BCUT2D eigenvalue weighted by molar-refractivity contribution is -0.385. The van der Waals surface area contributed by atoms with Gasteiger partial charge in [0.2, 0.25) is 0 Å². The summed E-state index contributed by atoms with van der Waals surface area (Å²) in [5.41, 5.74) is 0.714. The summed E-state index contributed by atoms with van der Waals surface area (Å²) in [6, 6.07) is 1.19. The van der Waals surface area contributed by atoms with Crippen molar-refractivity contribution in [3.8, 4) is 0 Å². The second kappa shape index (κ2) is 5.99. The number of nitrogens with zero attached hydrogens (tertiary/aromatic N) is 4. The lowest BCUT2D eigenvalue weighted by Crippen LogP contribution is -2.24. The first kappa shape index (κ1) is 14.4. The van der Waals surface area contributed by atoms with Gasteiger partial charge in [0, 0.05) is 38.5 Å². The van der Waals surface area contributed by atoms with Crippen molar-refractivity contribution in [2.45, 2.75) is 6.54 Å². The Labute approximate surface area is 120 Å². The molecule has 0 fully saturated rings. The van der Waals surface area contributed by atoms with Gasteiger partial charge in [-0.1, -0.05) is 0 Å². The van der Waals surface area contributed by atoms with Crippen LogP contribution >= 0.6 is 0 Å². The van der Waals surface area contributed by atoms with Gasteiger partial charge in [-0.3, -0.25) is 19.6 Å². The first-order valence-corrected chi connectivity index (χ1v) is 6.09. The van der Waals surface area contributed by atoms with E-state index in [2.05, 4.69) is 20.7 Å². The van der Waals surface area contributed by atoms with E-state index in [-0.39, 0.29) is 23.6 Å². The number of anilines is 1. The third-order valence-electron chi connectivity index (χ3n) is 2.78. The molecular weight excluding hydrogens is 276 g/mol. The first-order valence-electron chi connectivity index (χ1n) is 6.09. The second-order valence-corrected chi connectivity index (χ2v) is 4.30. The van der Waals surface area contributed by atoms with Crippen LogP contribution in [0, 0.1) is 10.1 Å². The van der Waals surface area contributed by atoms with Crippen molar-refractivity contribution in [3.63, 3.8) is 0 Å². The molecule has 0 spiro atoms. The Balaban J connectivity index is 2.17. The average Bonchev–Trinajstić information content (AvgIpc) is 2.89. The van der Waals surface area contributed by atoms with E-state index in [1.54, 1.807) is 31.2 Å². The lowest BCUT2D eigenvalue weighted by Gasteiger charge is -2.08. The number of hydrogen-bond acceptors (Lipinski definition) is 6. The van der Waals surface area contributed by atoms with E-state index in [1.165, 1.54) is 6.07 Å². The number of pyridine rings is 1. The maximum Gasteiger partial charge on any atom is 0.288 e. The molecule has 2 rings (SSSR count). The Bertz CT molecular complexity index is 681. The van der Waals surface area contributed by atoms with Crippen molar-refractivity contribution < 1.29 is 9.72 Å². The Kier molecular flexibility index (Phi) is 4.12. The Hall–Kier alpha value is -2.97. The van der Waals surface area contributed by atoms with Crippen LogP contribution in [0.4, 0.5) is 11.5 Å². The predicted octanol–water partition coefficient (Wildman–Crippen LogP) is 0.695. The molecule has 2 aromatic rings. The minimum atomic E-state index is -0.593. The fraction of sp³-hybridized carbons (Fsp3) is 0.250. The van der Waals surface area contributed by atoms with Gasteiger partial charge < -0.3 is 10.6 Å². The van der Waals surface area contributed by atoms with Crippen LogP contribution in [-0.4, -0.2) is 32.6 Å². The van der Waals surface area contributed by atoms with Gasteiger partial charge >= 0.3 is 0 Å². The molecule has 2 N–H and O–H groups in total. The minimum Gasteiger partial charge on any atom is -0.372 e. The van der Waals surface area contributed by atoms with Crippen LogP contribution in [0.1, 0.15) is 15.9 Å². The second-order valence-electron chi connectivity index (χ2n) is 4.30. The molecule has 0 bridgehead atoms. The number of aromatic nitrogens is 3.